The first kappa shape index (κ1) is 15.5. The zero-order chi connectivity index (χ0) is 15.5. The van der Waals surface area contributed by atoms with Crippen LogP contribution in [0.4, 0.5) is 5.69 Å². The van der Waals surface area contributed by atoms with Crippen molar-refractivity contribution >= 4 is 27.3 Å². The molecule has 0 unspecified atom stereocenters. The lowest BCUT2D eigenvalue weighted by Crippen LogP contribution is -2.14. The molecule has 0 saturated heterocycles. The first-order valence-electron chi connectivity index (χ1n) is 6.17. The molecule has 0 radical (unpaired) electrons. The van der Waals surface area contributed by atoms with E-state index in [0.717, 1.165) is 0 Å². The summed E-state index contributed by atoms with van der Waals surface area (Å²) in [6, 6.07) is 10.4. The molecule has 2 rings (SSSR count). The van der Waals surface area contributed by atoms with Gasteiger partial charge in [-0.1, -0.05) is 23.7 Å². The molecule has 0 aliphatic heterocycles. The molecule has 5 nitrogen and oxygen atoms in total. The fraction of sp³-hybridized carbons (Fsp3) is 0.143. The predicted molar refractivity (Wildman–Crippen MR) is 81.5 cm³/mol. The van der Waals surface area contributed by atoms with Crippen LogP contribution in [0.1, 0.15) is 6.92 Å². The number of ether oxygens (including phenoxy) is 1. The molecule has 2 N–H and O–H groups in total. The lowest BCUT2D eigenvalue weighted by Gasteiger charge is -2.13. The van der Waals surface area contributed by atoms with Crippen molar-refractivity contribution in [1.82, 2.24) is 0 Å². The van der Waals surface area contributed by atoms with Crippen molar-refractivity contribution in [3.8, 4) is 11.5 Å². The van der Waals surface area contributed by atoms with Crippen molar-refractivity contribution in [2.75, 3.05) is 11.3 Å². The number of phenolic OH excluding ortho intramolecular Hbond substituents is 1. The van der Waals surface area contributed by atoms with Crippen LogP contribution in [0.3, 0.4) is 0 Å². The molecule has 0 atom stereocenters. The van der Waals surface area contributed by atoms with E-state index in [4.69, 9.17) is 16.3 Å². The highest BCUT2D eigenvalue weighted by molar-refractivity contribution is 7.92. The van der Waals surface area contributed by atoms with Gasteiger partial charge >= 0.3 is 0 Å². The van der Waals surface area contributed by atoms with Gasteiger partial charge in [-0.2, -0.15) is 0 Å². The van der Waals surface area contributed by atoms with Crippen LogP contribution in [-0.2, 0) is 10.0 Å². The minimum Gasteiger partial charge on any atom is -0.506 e. The number of benzene rings is 2. The average Bonchev–Trinajstić information content (AvgIpc) is 2.43. The summed E-state index contributed by atoms with van der Waals surface area (Å²) in [7, 11) is -3.93. The van der Waals surface area contributed by atoms with Gasteiger partial charge in [0.15, 0.2) is 0 Å². The molecule has 0 fully saturated rings. The SMILES string of the molecule is CCOc1ccc(Cl)cc1S(=O)(=O)Nc1ccccc1O. The van der Waals surface area contributed by atoms with Crippen LogP contribution in [0.15, 0.2) is 47.4 Å². The van der Waals surface area contributed by atoms with Gasteiger partial charge in [-0.05, 0) is 37.3 Å². The lowest BCUT2D eigenvalue weighted by atomic mass is 10.3. The first-order valence-corrected chi connectivity index (χ1v) is 8.03. The van der Waals surface area contributed by atoms with Gasteiger partial charge in [0.1, 0.15) is 16.4 Å². The van der Waals surface area contributed by atoms with E-state index in [-0.39, 0.29) is 27.1 Å². The lowest BCUT2D eigenvalue weighted by molar-refractivity contribution is 0.331. The van der Waals surface area contributed by atoms with Gasteiger partial charge in [0, 0.05) is 5.02 Å². The van der Waals surface area contributed by atoms with Gasteiger partial charge in [-0.15, -0.1) is 0 Å². The molecule has 0 aliphatic carbocycles. The summed E-state index contributed by atoms with van der Waals surface area (Å²) >= 11 is 5.86. The highest BCUT2D eigenvalue weighted by atomic mass is 35.5. The molecule has 2 aromatic rings. The second-order valence-electron chi connectivity index (χ2n) is 4.15. The average molecular weight is 328 g/mol. The number of nitrogens with one attached hydrogen (secondary N) is 1. The minimum atomic E-state index is -3.93. The molecule has 0 aliphatic rings. The normalized spacial score (nSPS) is 11.1. The minimum absolute atomic E-state index is 0.0832. The van der Waals surface area contributed by atoms with Crippen molar-refractivity contribution in [3.05, 3.63) is 47.5 Å². The van der Waals surface area contributed by atoms with Crippen LogP contribution in [0.25, 0.3) is 0 Å². The largest absolute Gasteiger partial charge is 0.506 e. The van der Waals surface area contributed by atoms with Crippen LogP contribution >= 0.6 is 11.6 Å². The molecule has 0 saturated carbocycles. The van der Waals surface area contributed by atoms with E-state index in [2.05, 4.69) is 4.72 Å². The summed E-state index contributed by atoms with van der Waals surface area (Å²) in [4.78, 5) is -0.0832. The smallest absolute Gasteiger partial charge is 0.265 e. The second-order valence-corrected chi connectivity index (χ2v) is 6.23. The van der Waals surface area contributed by atoms with Gasteiger partial charge in [0.25, 0.3) is 10.0 Å². The van der Waals surface area contributed by atoms with E-state index in [0.29, 0.717) is 6.61 Å². The van der Waals surface area contributed by atoms with E-state index in [9.17, 15) is 13.5 Å². The maximum Gasteiger partial charge on any atom is 0.265 e. The molecule has 0 heterocycles. The number of phenols is 1. The van der Waals surface area contributed by atoms with Gasteiger partial charge in [0.2, 0.25) is 0 Å². The predicted octanol–water partition coefficient (Wildman–Crippen LogP) is 3.25. The molecule has 0 aromatic heterocycles. The van der Waals surface area contributed by atoms with Crippen LogP contribution in [0.2, 0.25) is 5.02 Å². The van der Waals surface area contributed by atoms with Gasteiger partial charge < -0.3 is 9.84 Å². The second kappa shape index (κ2) is 6.24. The summed E-state index contributed by atoms with van der Waals surface area (Å²) < 4.78 is 32.5. The van der Waals surface area contributed by atoms with Crippen molar-refractivity contribution in [2.24, 2.45) is 0 Å². The van der Waals surface area contributed by atoms with Gasteiger partial charge in [-0.3, -0.25) is 4.72 Å². The third kappa shape index (κ3) is 3.59. The molecule has 2 aromatic carbocycles. The number of anilines is 1. The Kier molecular flexibility index (Phi) is 4.59. The summed E-state index contributed by atoms with van der Waals surface area (Å²) in [5.74, 6) is 0.0332. The van der Waals surface area contributed by atoms with Crippen molar-refractivity contribution < 1.29 is 18.3 Å². The van der Waals surface area contributed by atoms with Crippen molar-refractivity contribution in [1.29, 1.82) is 0 Å². The zero-order valence-electron chi connectivity index (χ0n) is 11.2. The van der Waals surface area contributed by atoms with E-state index >= 15 is 0 Å². The van der Waals surface area contributed by atoms with Crippen molar-refractivity contribution in [2.45, 2.75) is 11.8 Å². The maximum absolute atomic E-state index is 12.4. The molecule has 0 bridgehead atoms. The fourth-order valence-electron chi connectivity index (χ4n) is 1.73. The highest BCUT2D eigenvalue weighted by Gasteiger charge is 2.21. The molecular weight excluding hydrogens is 314 g/mol. The standard InChI is InChI=1S/C14H14ClNO4S/c1-2-20-13-8-7-10(15)9-14(13)21(18,19)16-11-5-3-4-6-12(11)17/h3-9,16-17H,2H2,1H3. The number of sulfonamides is 1. The molecule has 7 heteroatoms. The Morgan fingerprint density at radius 1 is 1.24 bits per heavy atom. The Labute approximate surface area is 128 Å². The Morgan fingerprint density at radius 2 is 1.95 bits per heavy atom. The summed E-state index contributed by atoms with van der Waals surface area (Å²) in [5.41, 5.74) is 0.0833. The number of halogens is 1. The monoisotopic (exact) mass is 327 g/mol. The number of hydrogen-bond donors (Lipinski definition) is 2. The third-order valence-corrected chi connectivity index (χ3v) is 4.27. The molecule has 112 valence electrons. The molecule has 0 amide bonds. The van der Waals surface area contributed by atoms with E-state index < -0.39 is 10.0 Å². The number of aromatic hydroxyl groups is 1. The van der Waals surface area contributed by atoms with E-state index in [1.165, 1.54) is 24.3 Å². The number of hydrogen-bond acceptors (Lipinski definition) is 4. The fourth-order valence-corrected chi connectivity index (χ4v) is 3.21. The Bertz CT molecular complexity index is 746. The van der Waals surface area contributed by atoms with E-state index in [1.54, 1.807) is 25.1 Å². The maximum atomic E-state index is 12.4. The molecular formula is C14H14ClNO4S. The third-order valence-electron chi connectivity index (χ3n) is 2.64. The Hall–Kier alpha value is -1.92. The van der Waals surface area contributed by atoms with Crippen LogP contribution in [0.5, 0.6) is 11.5 Å². The zero-order valence-corrected chi connectivity index (χ0v) is 12.8. The number of rotatable bonds is 5. The summed E-state index contributed by atoms with van der Waals surface area (Å²) in [6.45, 7) is 2.07. The summed E-state index contributed by atoms with van der Waals surface area (Å²) in [5, 5.41) is 9.94. The number of para-hydroxylation sites is 2. The van der Waals surface area contributed by atoms with Crippen molar-refractivity contribution in [3.63, 3.8) is 0 Å². The summed E-state index contributed by atoms with van der Waals surface area (Å²) in [6.07, 6.45) is 0. The molecule has 0 spiro atoms. The van der Waals surface area contributed by atoms with E-state index in [1.807, 2.05) is 0 Å². The quantitative estimate of drug-likeness (QED) is 0.827. The highest BCUT2D eigenvalue weighted by Crippen LogP contribution is 2.31. The Balaban J connectivity index is 2.44. The van der Waals surface area contributed by atoms with Crippen LogP contribution < -0.4 is 9.46 Å². The Morgan fingerprint density at radius 3 is 2.62 bits per heavy atom. The first-order chi connectivity index (χ1) is 9.94. The topological polar surface area (TPSA) is 75.6 Å². The molecule has 21 heavy (non-hydrogen) atoms. The van der Waals surface area contributed by atoms with Gasteiger partial charge in [0.05, 0.1) is 12.3 Å². The van der Waals surface area contributed by atoms with Gasteiger partial charge in [-0.25, -0.2) is 8.42 Å². The van der Waals surface area contributed by atoms with Crippen LogP contribution in [-0.4, -0.2) is 20.1 Å². The van der Waals surface area contributed by atoms with Crippen LogP contribution in [0, 0.1) is 0 Å².